The molecule has 0 radical (unpaired) electrons. The summed E-state index contributed by atoms with van der Waals surface area (Å²) in [6.45, 7) is 12.8. The lowest BCUT2D eigenvalue weighted by Crippen LogP contribution is -2.41. The molecule has 0 amide bonds. The average Bonchev–Trinajstić information content (AvgIpc) is 2.62. The van der Waals surface area contributed by atoms with E-state index in [1.165, 1.54) is 5.56 Å². The second-order valence-electron chi connectivity index (χ2n) is 6.58. The number of rotatable bonds is 11. The highest BCUT2D eigenvalue weighted by Gasteiger charge is 2.07. The van der Waals surface area contributed by atoms with Crippen molar-refractivity contribution in [3.05, 3.63) is 29.3 Å². The van der Waals surface area contributed by atoms with Gasteiger partial charge in [0.1, 0.15) is 12.4 Å². The highest BCUT2D eigenvalue weighted by molar-refractivity contribution is 14.0. The molecule has 27 heavy (non-hydrogen) atoms. The maximum atomic E-state index is 5.89. The number of hydrogen-bond donors (Lipinski definition) is 2. The number of benzene rings is 1. The summed E-state index contributed by atoms with van der Waals surface area (Å²) in [7, 11) is 3.91. The van der Waals surface area contributed by atoms with Crippen molar-refractivity contribution in [2.75, 3.05) is 47.0 Å². The number of aryl methyl sites for hydroxylation is 1. The first-order valence-corrected chi connectivity index (χ1v) is 9.42. The van der Waals surface area contributed by atoms with Crippen molar-refractivity contribution in [1.82, 2.24) is 15.5 Å². The summed E-state index contributed by atoms with van der Waals surface area (Å²) in [6, 6.07) is 6.80. The van der Waals surface area contributed by atoms with Crippen LogP contribution in [0.5, 0.6) is 5.75 Å². The van der Waals surface area contributed by atoms with E-state index in [1.807, 2.05) is 6.92 Å². The minimum absolute atomic E-state index is 0. The molecule has 0 heterocycles. The lowest BCUT2D eigenvalue weighted by atomic mass is 10.1. The fourth-order valence-electron chi connectivity index (χ4n) is 2.31. The SMILES string of the molecule is CCOCCOc1cc(C)ccc1CNC(=NC)NCCN(C)C(C)C.I. The first kappa shape index (κ1) is 25.9. The van der Waals surface area contributed by atoms with Gasteiger partial charge in [0.2, 0.25) is 0 Å². The van der Waals surface area contributed by atoms with Crippen molar-refractivity contribution in [3.63, 3.8) is 0 Å². The zero-order chi connectivity index (χ0) is 19.4. The van der Waals surface area contributed by atoms with Crippen LogP contribution in [0.25, 0.3) is 0 Å². The number of nitrogens with one attached hydrogen (secondary N) is 2. The Kier molecular flexibility index (Phi) is 14.3. The lowest BCUT2D eigenvalue weighted by molar-refractivity contribution is 0.110. The van der Waals surface area contributed by atoms with Gasteiger partial charge in [0, 0.05) is 44.9 Å². The topological polar surface area (TPSA) is 58.1 Å². The van der Waals surface area contributed by atoms with E-state index >= 15 is 0 Å². The van der Waals surface area contributed by atoms with Crippen LogP contribution in [0.4, 0.5) is 0 Å². The summed E-state index contributed by atoms with van der Waals surface area (Å²) in [5.74, 6) is 1.69. The first-order chi connectivity index (χ1) is 12.5. The van der Waals surface area contributed by atoms with Gasteiger partial charge in [0.05, 0.1) is 6.61 Å². The van der Waals surface area contributed by atoms with E-state index in [4.69, 9.17) is 9.47 Å². The van der Waals surface area contributed by atoms with Crippen molar-refractivity contribution in [3.8, 4) is 5.75 Å². The van der Waals surface area contributed by atoms with Crippen LogP contribution >= 0.6 is 24.0 Å². The Bertz CT molecular complexity index is 553. The van der Waals surface area contributed by atoms with E-state index in [2.05, 4.69) is 66.5 Å². The molecule has 0 fully saturated rings. The lowest BCUT2D eigenvalue weighted by Gasteiger charge is -2.22. The third-order valence-electron chi connectivity index (χ3n) is 4.22. The molecule has 0 bridgehead atoms. The average molecular weight is 492 g/mol. The van der Waals surface area contributed by atoms with E-state index in [9.17, 15) is 0 Å². The number of guanidine groups is 1. The van der Waals surface area contributed by atoms with Gasteiger partial charge in [0.15, 0.2) is 5.96 Å². The molecule has 0 spiro atoms. The quantitative estimate of drug-likeness (QED) is 0.215. The molecule has 0 saturated heterocycles. The van der Waals surface area contributed by atoms with Gasteiger partial charge < -0.3 is 25.0 Å². The molecule has 0 atom stereocenters. The van der Waals surface area contributed by atoms with Gasteiger partial charge in [-0.25, -0.2) is 0 Å². The molecular formula is C20H37IN4O2. The maximum absolute atomic E-state index is 5.89. The molecule has 0 aliphatic heterocycles. The monoisotopic (exact) mass is 492 g/mol. The summed E-state index contributed by atoms with van der Waals surface area (Å²) in [4.78, 5) is 6.59. The number of hydrogen-bond acceptors (Lipinski definition) is 4. The zero-order valence-corrected chi connectivity index (χ0v) is 20.0. The van der Waals surface area contributed by atoms with Crippen LogP contribution in [-0.2, 0) is 11.3 Å². The van der Waals surface area contributed by atoms with Crippen molar-refractivity contribution in [2.24, 2.45) is 4.99 Å². The molecular weight excluding hydrogens is 455 g/mol. The van der Waals surface area contributed by atoms with E-state index < -0.39 is 0 Å². The Balaban J connectivity index is 0.00000676. The Morgan fingerprint density at radius 2 is 1.96 bits per heavy atom. The highest BCUT2D eigenvalue weighted by Crippen LogP contribution is 2.20. The fourth-order valence-corrected chi connectivity index (χ4v) is 2.31. The molecule has 0 saturated carbocycles. The third-order valence-corrected chi connectivity index (χ3v) is 4.22. The van der Waals surface area contributed by atoms with Crippen LogP contribution in [0.2, 0.25) is 0 Å². The molecule has 6 nitrogen and oxygen atoms in total. The molecule has 0 unspecified atom stereocenters. The number of likely N-dealkylation sites (N-methyl/N-ethyl adjacent to an activating group) is 1. The van der Waals surface area contributed by atoms with Gasteiger partial charge in [-0.1, -0.05) is 12.1 Å². The third kappa shape index (κ3) is 10.8. The Labute approximate surface area is 182 Å². The van der Waals surface area contributed by atoms with Crippen LogP contribution in [0.15, 0.2) is 23.2 Å². The van der Waals surface area contributed by atoms with Crippen LogP contribution in [-0.4, -0.2) is 63.9 Å². The van der Waals surface area contributed by atoms with Crippen molar-refractivity contribution in [1.29, 1.82) is 0 Å². The molecule has 156 valence electrons. The van der Waals surface area contributed by atoms with Crippen LogP contribution < -0.4 is 15.4 Å². The Hall–Kier alpha value is -1.06. The smallest absolute Gasteiger partial charge is 0.191 e. The molecule has 0 aliphatic rings. The van der Waals surface area contributed by atoms with Crippen molar-refractivity contribution in [2.45, 2.75) is 40.3 Å². The normalized spacial score (nSPS) is 11.5. The minimum Gasteiger partial charge on any atom is -0.491 e. The maximum Gasteiger partial charge on any atom is 0.191 e. The number of ether oxygens (including phenoxy) is 2. The molecule has 0 aromatic heterocycles. The molecule has 2 N–H and O–H groups in total. The second-order valence-corrected chi connectivity index (χ2v) is 6.58. The summed E-state index contributed by atoms with van der Waals surface area (Å²) in [6.07, 6.45) is 0. The number of halogens is 1. The fraction of sp³-hybridized carbons (Fsp3) is 0.650. The molecule has 7 heteroatoms. The van der Waals surface area contributed by atoms with E-state index in [0.29, 0.717) is 32.4 Å². The summed E-state index contributed by atoms with van der Waals surface area (Å²) in [5.41, 5.74) is 2.29. The molecule has 1 aromatic carbocycles. The predicted molar refractivity (Wildman–Crippen MR) is 125 cm³/mol. The summed E-state index contributed by atoms with van der Waals surface area (Å²) in [5, 5.41) is 6.71. The summed E-state index contributed by atoms with van der Waals surface area (Å²) >= 11 is 0. The van der Waals surface area contributed by atoms with Gasteiger partial charge in [0.25, 0.3) is 0 Å². The van der Waals surface area contributed by atoms with Gasteiger partial charge >= 0.3 is 0 Å². The van der Waals surface area contributed by atoms with Gasteiger partial charge in [-0.2, -0.15) is 0 Å². The largest absolute Gasteiger partial charge is 0.491 e. The molecule has 0 aliphatic carbocycles. The van der Waals surface area contributed by atoms with Gasteiger partial charge in [-0.15, -0.1) is 24.0 Å². The summed E-state index contributed by atoms with van der Waals surface area (Å²) < 4.78 is 11.2. The van der Waals surface area contributed by atoms with Crippen LogP contribution in [0, 0.1) is 6.92 Å². The standard InChI is InChI=1S/C20H36N4O2.HI/c1-7-25-12-13-26-19-14-17(4)8-9-18(19)15-23-20(21-5)22-10-11-24(6)16(2)3;/h8-9,14,16H,7,10-13,15H2,1-6H3,(H2,21,22,23);1H. The number of nitrogens with zero attached hydrogens (tertiary/aromatic N) is 2. The second kappa shape index (κ2) is 14.9. The van der Waals surface area contributed by atoms with Crippen molar-refractivity contribution < 1.29 is 9.47 Å². The molecule has 1 rings (SSSR count). The number of aliphatic imine (C=N–C) groups is 1. The highest BCUT2D eigenvalue weighted by atomic mass is 127. The Morgan fingerprint density at radius 3 is 2.59 bits per heavy atom. The van der Waals surface area contributed by atoms with Gasteiger partial charge in [-0.3, -0.25) is 4.99 Å². The van der Waals surface area contributed by atoms with Gasteiger partial charge in [-0.05, 0) is 46.4 Å². The zero-order valence-electron chi connectivity index (χ0n) is 17.7. The Morgan fingerprint density at radius 1 is 1.22 bits per heavy atom. The van der Waals surface area contributed by atoms with Crippen LogP contribution in [0.1, 0.15) is 31.9 Å². The predicted octanol–water partition coefficient (Wildman–Crippen LogP) is 3.03. The molecule has 1 aromatic rings. The van der Waals surface area contributed by atoms with E-state index in [1.54, 1.807) is 7.05 Å². The van der Waals surface area contributed by atoms with E-state index in [0.717, 1.165) is 30.4 Å². The van der Waals surface area contributed by atoms with E-state index in [-0.39, 0.29) is 24.0 Å². The van der Waals surface area contributed by atoms with Crippen LogP contribution in [0.3, 0.4) is 0 Å². The first-order valence-electron chi connectivity index (χ1n) is 9.42. The minimum atomic E-state index is 0. The van der Waals surface area contributed by atoms with Crippen molar-refractivity contribution >= 4 is 29.9 Å².